The third kappa shape index (κ3) is 3.49. The van der Waals surface area contributed by atoms with Crippen LogP contribution in [0, 0.1) is 11.3 Å². The lowest BCUT2D eigenvalue weighted by Crippen LogP contribution is -2.04. The van der Waals surface area contributed by atoms with E-state index in [0.717, 1.165) is 12.8 Å². The van der Waals surface area contributed by atoms with E-state index in [1.807, 2.05) is 0 Å². The number of nitrogen functional groups attached to an aromatic ring is 1. The lowest BCUT2D eigenvalue weighted by atomic mass is 10.2. The summed E-state index contributed by atoms with van der Waals surface area (Å²) < 4.78 is 5.45. The van der Waals surface area contributed by atoms with Gasteiger partial charge in [-0.05, 0) is 31.5 Å². The molecule has 0 saturated carbocycles. The van der Waals surface area contributed by atoms with Crippen LogP contribution < -0.4 is 16.2 Å². The standard InChI is InChI=1S/C11H15N3O/c12-5-1-2-6-15-11-7-10(14)4-3-9(11)8-13/h3-4,7H,1-2,5-6,12,14H2. The molecule has 4 heteroatoms. The van der Waals surface area contributed by atoms with Gasteiger partial charge in [-0.15, -0.1) is 0 Å². The highest BCUT2D eigenvalue weighted by Gasteiger charge is 2.02. The van der Waals surface area contributed by atoms with Crippen LogP contribution in [-0.2, 0) is 0 Å². The van der Waals surface area contributed by atoms with Gasteiger partial charge in [-0.25, -0.2) is 0 Å². The van der Waals surface area contributed by atoms with Crippen LogP contribution in [0.2, 0.25) is 0 Å². The van der Waals surface area contributed by atoms with E-state index in [4.69, 9.17) is 21.5 Å². The first-order chi connectivity index (χ1) is 7.27. The van der Waals surface area contributed by atoms with Gasteiger partial charge < -0.3 is 16.2 Å². The van der Waals surface area contributed by atoms with Crippen molar-refractivity contribution in [2.24, 2.45) is 5.73 Å². The second kappa shape index (κ2) is 5.89. The first-order valence-electron chi connectivity index (χ1n) is 4.90. The molecule has 0 aliphatic rings. The van der Waals surface area contributed by atoms with Crippen molar-refractivity contribution >= 4 is 5.69 Å². The monoisotopic (exact) mass is 205 g/mol. The molecule has 0 radical (unpaired) electrons. The Morgan fingerprint density at radius 1 is 1.33 bits per heavy atom. The summed E-state index contributed by atoms with van der Waals surface area (Å²) in [5.74, 6) is 0.550. The van der Waals surface area contributed by atoms with E-state index in [1.54, 1.807) is 18.2 Å². The highest BCUT2D eigenvalue weighted by molar-refractivity contribution is 5.52. The van der Waals surface area contributed by atoms with Crippen LogP contribution in [-0.4, -0.2) is 13.2 Å². The Kier molecular flexibility index (Phi) is 4.45. The van der Waals surface area contributed by atoms with Gasteiger partial charge >= 0.3 is 0 Å². The molecular formula is C11H15N3O. The smallest absolute Gasteiger partial charge is 0.139 e. The van der Waals surface area contributed by atoms with E-state index < -0.39 is 0 Å². The average Bonchev–Trinajstić information content (AvgIpc) is 2.25. The second-order valence-corrected chi connectivity index (χ2v) is 3.21. The average molecular weight is 205 g/mol. The second-order valence-electron chi connectivity index (χ2n) is 3.21. The maximum absolute atomic E-state index is 8.82. The molecule has 80 valence electrons. The molecule has 4 N–H and O–H groups in total. The molecule has 0 spiro atoms. The van der Waals surface area contributed by atoms with Crippen molar-refractivity contribution < 1.29 is 4.74 Å². The van der Waals surface area contributed by atoms with Crippen LogP contribution in [0.15, 0.2) is 18.2 Å². The van der Waals surface area contributed by atoms with Gasteiger partial charge in [0.1, 0.15) is 11.8 Å². The first-order valence-corrected chi connectivity index (χ1v) is 4.90. The zero-order valence-electron chi connectivity index (χ0n) is 8.57. The minimum atomic E-state index is 0.511. The summed E-state index contributed by atoms with van der Waals surface area (Å²) in [5.41, 5.74) is 12.1. The minimum Gasteiger partial charge on any atom is -0.492 e. The zero-order valence-corrected chi connectivity index (χ0v) is 8.57. The van der Waals surface area contributed by atoms with Gasteiger partial charge in [0.2, 0.25) is 0 Å². The molecule has 0 aliphatic carbocycles. The van der Waals surface area contributed by atoms with Crippen LogP contribution in [0.1, 0.15) is 18.4 Å². The van der Waals surface area contributed by atoms with Gasteiger partial charge in [0.05, 0.1) is 12.2 Å². The predicted molar refractivity (Wildman–Crippen MR) is 59.4 cm³/mol. The third-order valence-electron chi connectivity index (χ3n) is 1.98. The van der Waals surface area contributed by atoms with E-state index in [9.17, 15) is 0 Å². The van der Waals surface area contributed by atoms with Gasteiger partial charge in [0, 0.05) is 11.8 Å². The van der Waals surface area contributed by atoms with Gasteiger partial charge in [0.15, 0.2) is 0 Å². The molecule has 15 heavy (non-hydrogen) atoms. The lowest BCUT2D eigenvalue weighted by Gasteiger charge is -2.07. The minimum absolute atomic E-state index is 0.511. The Balaban J connectivity index is 2.59. The molecule has 1 rings (SSSR count). The quantitative estimate of drug-likeness (QED) is 0.559. The maximum atomic E-state index is 8.82. The summed E-state index contributed by atoms with van der Waals surface area (Å²) in [6.45, 7) is 1.22. The maximum Gasteiger partial charge on any atom is 0.139 e. The fraction of sp³-hybridized carbons (Fsp3) is 0.364. The SMILES string of the molecule is N#Cc1ccc(N)cc1OCCCCN. The van der Waals surface area contributed by atoms with Gasteiger partial charge in [-0.2, -0.15) is 5.26 Å². The predicted octanol–water partition coefficient (Wildman–Crippen LogP) is 1.26. The topological polar surface area (TPSA) is 85.1 Å². The van der Waals surface area contributed by atoms with E-state index in [1.165, 1.54) is 0 Å². The van der Waals surface area contributed by atoms with Crippen LogP contribution in [0.25, 0.3) is 0 Å². The van der Waals surface area contributed by atoms with Crippen LogP contribution in [0.5, 0.6) is 5.75 Å². The van der Waals surface area contributed by atoms with Crippen molar-refractivity contribution in [3.05, 3.63) is 23.8 Å². The highest BCUT2D eigenvalue weighted by atomic mass is 16.5. The third-order valence-corrected chi connectivity index (χ3v) is 1.98. The number of unbranched alkanes of at least 4 members (excludes halogenated alkanes) is 1. The fourth-order valence-corrected chi connectivity index (χ4v) is 1.18. The number of nitrogens with zero attached hydrogens (tertiary/aromatic N) is 1. The van der Waals surface area contributed by atoms with Crippen molar-refractivity contribution in [3.63, 3.8) is 0 Å². The molecule has 0 aliphatic heterocycles. The lowest BCUT2D eigenvalue weighted by molar-refractivity contribution is 0.307. The molecule has 1 aromatic carbocycles. The number of benzene rings is 1. The van der Waals surface area contributed by atoms with Crippen LogP contribution >= 0.6 is 0 Å². The van der Waals surface area contributed by atoms with Gasteiger partial charge in [-0.1, -0.05) is 0 Å². The molecule has 0 heterocycles. The summed E-state index contributed by atoms with van der Waals surface area (Å²) >= 11 is 0. The number of anilines is 1. The number of hydrogen-bond acceptors (Lipinski definition) is 4. The van der Waals surface area contributed by atoms with Gasteiger partial charge in [0.25, 0.3) is 0 Å². The van der Waals surface area contributed by atoms with Crippen LogP contribution in [0.3, 0.4) is 0 Å². The molecule has 0 fully saturated rings. The number of ether oxygens (including phenoxy) is 1. The normalized spacial score (nSPS) is 9.60. The van der Waals surface area contributed by atoms with Crippen molar-refractivity contribution in [3.8, 4) is 11.8 Å². The zero-order chi connectivity index (χ0) is 11.1. The Morgan fingerprint density at radius 2 is 2.13 bits per heavy atom. The first kappa shape index (κ1) is 11.3. The van der Waals surface area contributed by atoms with E-state index in [2.05, 4.69) is 6.07 Å². The largest absolute Gasteiger partial charge is 0.492 e. The van der Waals surface area contributed by atoms with E-state index >= 15 is 0 Å². The van der Waals surface area contributed by atoms with Crippen LogP contribution in [0.4, 0.5) is 5.69 Å². The summed E-state index contributed by atoms with van der Waals surface area (Å²) in [7, 11) is 0. The van der Waals surface area contributed by atoms with Crippen molar-refractivity contribution in [2.45, 2.75) is 12.8 Å². The number of rotatable bonds is 5. The van der Waals surface area contributed by atoms with Gasteiger partial charge in [-0.3, -0.25) is 0 Å². The number of nitriles is 1. The Morgan fingerprint density at radius 3 is 2.80 bits per heavy atom. The summed E-state index contributed by atoms with van der Waals surface area (Å²) in [5, 5.41) is 8.82. The molecule has 0 aromatic heterocycles. The summed E-state index contributed by atoms with van der Waals surface area (Å²) in [6.07, 6.45) is 1.81. The summed E-state index contributed by atoms with van der Waals surface area (Å²) in [6, 6.07) is 7.07. The number of hydrogen-bond donors (Lipinski definition) is 2. The Labute approximate surface area is 89.4 Å². The van der Waals surface area contributed by atoms with Crippen molar-refractivity contribution in [1.29, 1.82) is 5.26 Å². The molecule has 0 amide bonds. The highest BCUT2D eigenvalue weighted by Crippen LogP contribution is 2.21. The number of nitrogens with two attached hydrogens (primary N) is 2. The molecule has 0 atom stereocenters. The van der Waals surface area contributed by atoms with Crippen molar-refractivity contribution in [1.82, 2.24) is 0 Å². The fourth-order valence-electron chi connectivity index (χ4n) is 1.18. The molecule has 0 unspecified atom stereocenters. The molecule has 1 aromatic rings. The molecule has 0 saturated heterocycles. The van der Waals surface area contributed by atoms with E-state index in [-0.39, 0.29) is 0 Å². The van der Waals surface area contributed by atoms with E-state index in [0.29, 0.717) is 30.2 Å². The molecule has 0 bridgehead atoms. The van der Waals surface area contributed by atoms with Crippen molar-refractivity contribution in [2.75, 3.05) is 18.9 Å². The Hall–Kier alpha value is -1.73. The summed E-state index contributed by atoms with van der Waals surface area (Å²) in [4.78, 5) is 0. The Bertz CT molecular complexity index is 357. The molecule has 4 nitrogen and oxygen atoms in total. The molecular weight excluding hydrogens is 190 g/mol.